The topological polar surface area (TPSA) is 17.1 Å². The zero-order valence-corrected chi connectivity index (χ0v) is 8.05. The van der Waals surface area contributed by atoms with Gasteiger partial charge in [0.1, 0.15) is 5.78 Å². The second-order valence-corrected chi connectivity index (χ2v) is 4.78. The van der Waals surface area contributed by atoms with Gasteiger partial charge in [-0.1, -0.05) is 13.8 Å². The minimum atomic E-state index is 0.414. The number of hydrogen-bond acceptors (Lipinski definition) is 1. The standard InChI is InChI=1S/C11H18O/c1-7(2)10-8-3-5-9(6-4-8)11(10)12/h7-10H,3-6H2,1-2H3. The first-order valence-electron chi connectivity index (χ1n) is 5.24. The van der Waals surface area contributed by atoms with Crippen LogP contribution in [0.5, 0.6) is 0 Å². The Hall–Kier alpha value is -0.330. The van der Waals surface area contributed by atoms with Gasteiger partial charge in [0.05, 0.1) is 0 Å². The summed E-state index contributed by atoms with van der Waals surface area (Å²) in [5.41, 5.74) is 0. The minimum absolute atomic E-state index is 0.414. The molecule has 0 aromatic rings. The smallest absolute Gasteiger partial charge is 0.139 e. The predicted molar refractivity (Wildman–Crippen MR) is 48.8 cm³/mol. The van der Waals surface area contributed by atoms with Gasteiger partial charge in [-0.15, -0.1) is 0 Å². The van der Waals surface area contributed by atoms with Crippen molar-refractivity contribution in [2.45, 2.75) is 39.5 Å². The van der Waals surface area contributed by atoms with Gasteiger partial charge in [-0.05, 0) is 37.5 Å². The molecule has 0 radical (unpaired) electrons. The van der Waals surface area contributed by atoms with Crippen LogP contribution in [0.4, 0.5) is 0 Å². The summed E-state index contributed by atoms with van der Waals surface area (Å²) in [5.74, 6) is 2.76. The van der Waals surface area contributed by atoms with Crippen molar-refractivity contribution in [3.05, 3.63) is 0 Å². The first-order chi connectivity index (χ1) is 5.70. The van der Waals surface area contributed by atoms with E-state index in [1.165, 1.54) is 25.7 Å². The third kappa shape index (κ3) is 1.10. The van der Waals surface area contributed by atoms with Crippen molar-refractivity contribution < 1.29 is 4.79 Å². The molecular formula is C11H18O. The summed E-state index contributed by atoms with van der Waals surface area (Å²) in [6.07, 6.45) is 5.01. The Labute approximate surface area is 74.5 Å². The van der Waals surface area contributed by atoms with Crippen LogP contribution in [-0.2, 0) is 4.79 Å². The predicted octanol–water partition coefficient (Wildman–Crippen LogP) is 2.65. The van der Waals surface area contributed by atoms with Crippen LogP contribution >= 0.6 is 0 Å². The summed E-state index contributed by atoms with van der Waals surface area (Å²) in [6, 6.07) is 0. The van der Waals surface area contributed by atoms with E-state index >= 15 is 0 Å². The van der Waals surface area contributed by atoms with Crippen molar-refractivity contribution in [2.75, 3.05) is 0 Å². The van der Waals surface area contributed by atoms with Crippen LogP contribution in [0, 0.1) is 23.7 Å². The first kappa shape index (κ1) is 8.28. The molecule has 1 nitrogen and oxygen atoms in total. The SMILES string of the molecule is CC(C)C1C(=O)C2CCC1CC2. The molecule has 3 rings (SSSR count). The lowest BCUT2D eigenvalue weighted by Gasteiger charge is -2.42. The van der Waals surface area contributed by atoms with Crippen molar-refractivity contribution >= 4 is 5.78 Å². The van der Waals surface area contributed by atoms with Gasteiger partial charge in [0.25, 0.3) is 0 Å². The van der Waals surface area contributed by atoms with Crippen molar-refractivity contribution in [2.24, 2.45) is 23.7 Å². The second kappa shape index (κ2) is 2.86. The lowest BCUT2D eigenvalue weighted by Crippen LogP contribution is -2.42. The van der Waals surface area contributed by atoms with Gasteiger partial charge in [0, 0.05) is 11.8 Å². The largest absolute Gasteiger partial charge is 0.299 e. The van der Waals surface area contributed by atoms with Crippen LogP contribution < -0.4 is 0 Å². The van der Waals surface area contributed by atoms with Crippen LogP contribution in [0.15, 0.2) is 0 Å². The third-order valence-electron chi connectivity index (χ3n) is 3.73. The molecule has 12 heavy (non-hydrogen) atoms. The average Bonchev–Trinajstić information content (AvgIpc) is 2.05. The van der Waals surface area contributed by atoms with Crippen LogP contribution in [0.1, 0.15) is 39.5 Å². The first-order valence-corrected chi connectivity index (χ1v) is 5.24. The number of carbonyl (C=O) groups is 1. The highest BCUT2D eigenvalue weighted by atomic mass is 16.1. The van der Waals surface area contributed by atoms with Crippen molar-refractivity contribution in [1.29, 1.82) is 0 Å². The molecule has 3 aliphatic carbocycles. The van der Waals surface area contributed by atoms with Gasteiger partial charge in [0.2, 0.25) is 0 Å². The van der Waals surface area contributed by atoms with E-state index in [9.17, 15) is 4.79 Å². The Morgan fingerprint density at radius 2 is 1.75 bits per heavy atom. The quantitative estimate of drug-likeness (QED) is 0.585. The maximum absolute atomic E-state index is 11.8. The normalized spacial score (nSPS) is 40.9. The number of ketones is 1. The fraction of sp³-hybridized carbons (Fsp3) is 0.909. The fourth-order valence-corrected chi connectivity index (χ4v) is 3.14. The fourth-order valence-electron chi connectivity index (χ4n) is 3.14. The van der Waals surface area contributed by atoms with Crippen LogP contribution in [-0.4, -0.2) is 5.78 Å². The molecule has 1 atom stereocenters. The highest BCUT2D eigenvalue weighted by molar-refractivity contribution is 5.85. The van der Waals surface area contributed by atoms with E-state index in [1.807, 2.05) is 0 Å². The summed E-state index contributed by atoms with van der Waals surface area (Å²) in [6.45, 7) is 4.40. The van der Waals surface area contributed by atoms with E-state index in [2.05, 4.69) is 13.8 Å². The summed E-state index contributed by atoms with van der Waals surface area (Å²) in [4.78, 5) is 11.8. The highest BCUT2D eigenvalue weighted by Crippen LogP contribution is 2.45. The third-order valence-corrected chi connectivity index (χ3v) is 3.73. The lowest BCUT2D eigenvalue weighted by atomic mass is 9.61. The molecule has 0 amide bonds. The Morgan fingerprint density at radius 1 is 1.17 bits per heavy atom. The molecule has 0 aliphatic heterocycles. The molecule has 0 spiro atoms. The van der Waals surface area contributed by atoms with E-state index < -0.39 is 0 Å². The molecule has 0 saturated heterocycles. The Balaban J connectivity index is 2.18. The van der Waals surface area contributed by atoms with Crippen molar-refractivity contribution in [3.63, 3.8) is 0 Å². The Kier molecular flexibility index (Phi) is 1.97. The second-order valence-electron chi connectivity index (χ2n) is 4.78. The molecular weight excluding hydrogens is 148 g/mol. The zero-order chi connectivity index (χ0) is 8.72. The molecule has 0 heterocycles. The summed E-state index contributed by atoms with van der Waals surface area (Å²) in [5, 5.41) is 0. The van der Waals surface area contributed by atoms with E-state index in [1.54, 1.807) is 0 Å². The molecule has 3 fully saturated rings. The molecule has 3 saturated carbocycles. The summed E-state index contributed by atoms with van der Waals surface area (Å²) < 4.78 is 0. The Morgan fingerprint density at radius 3 is 2.08 bits per heavy atom. The molecule has 3 aliphatic rings. The van der Waals surface area contributed by atoms with E-state index in [0.717, 1.165) is 5.92 Å². The van der Waals surface area contributed by atoms with Gasteiger partial charge in [0.15, 0.2) is 0 Å². The van der Waals surface area contributed by atoms with Crippen LogP contribution in [0.25, 0.3) is 0 Å². The molecule has 68 valence electrons. The monoisotopic (exact) mass is 166 g/mol. The van der Waals surface area contributed by atoms with Crippen molar-refractivity contribution in [1.82, 2.24) is 0 Å². The van der Waals surface area contributed by atoms with Gasteiger partial charge in [-0.25, -0.2) is 0 Å². The summed E-state index contributed by atoms with van der Waals surface area (Å²) in [7, 11) is 0. The molecule has 1 unspecified atom stereocenters. The van der Waals surface area contributed by atoms with Gasteiger partial charge >= 0.3 is 0 Å². The average molecular weight is 166 g/mol. The van der Waals surface area contributed by atoms with E-state index in [-0.39, 0.29) is 0 Å². The summed E-state index contributed by atoms with van der Waals surface area (Å²) >= 11 is 0. The van der Waals surface area contributed by atoms with Gasteiger partial charge < -0.3 is 0 Å². The van der Waals surface area contributed by atoms with E-state index in [0.29, 0.717) is 23.5 Å². The van der Waals surface area contributed by atoms with Crippen LogP contribution in [0.3, 0.4) is 0 Å². The van der Waals surface area contributed by atoms with Crippen LogP contribution in [0.2, 0.25) is 0 Å². The molecule has 0 aromatic carbocycles. The Bertz CT molecular complexity index is 187. The number of hydrogen-bond donors (Lipinski definition) is 0. The molecule has 0 N–H and O–H groups in total. The van der Waals surface area contributed by atoms with E-state index in [4.69, 9.17) is 0 Å². The zero-order valence-electron chi connectivity index (χ0n) is 8.05. The highest BCUT2D eigenvalue weighted by Gasteiger charge is 2.43. The molecule has 0 aromatic heterocycles. The van der Waals surface area contributed by atoms with Gasteiger partial charge in [-0.2, -0.15) is 0 Å². The maximum atomic E-state index is 11.8. The number of Topliss-reactive ketones (excluding diaryl/α,β-unsaturated/α-hetero) is 1. The number of carbonyl (C=O) groups excluding carboxylic acids is 1. The van der Waals surface area contributed by atoms with Gasteiger partial charge in [-0.3, -0.25) is 4.79 Å². The molecule has 1 heteroatoms. The maximum Gasteiger partial charge on any atom is 0.139 e. The molecule has 2 bridgehead atoms. The lowest BCUT2D eigenvalue weighted by molar-refractivity contribution is -0.137. The number of rotatable bonds is 1. The number of fused-ring (bicyclic) bond motifs is 3. The minimum Gasteiger partial charge on any atom is -0.299 e. The van der Waals surface area contributed by atoms with Crippen molar-refractivity contribution in [3.8, 4) is 0 Å².